The third kappa shape index (κ3) is 2.60. The number of aromatic nitrogens is 2. The van der Waals surface area contributed by atoms with E-state index >= 15 is 0 Å². The highest BCUT2D eigenvalue weighted by Crippen LogP contribution is 2.30. The van der Waals surface area contributed by atoms with Crippen LogP contribution < -0.4 is 4.74 Å². The molecule has 0 aliphatic rings. The van der Waals surface area contributed by atoms with Crippen molar-refractivity contribution in [3.63, 3.8) is 0 Å². The van der Waals surface area contributed by atoms with Gasteiger partial charge < -0.3 is 19.1 Å². The van der Waals surface area contributed by atoms with E-state index in [2.05, 4.69) is 10.1 Å². The van der Waals surface area contributed by atoms with Crippen molar-refractivity contribution in [2.24, 2.45) is 0 Å². The Labute approximate surface area is 104 Å². The molecule has 1 N–H and O–H groups in total. The van der Waals surface area contributed by atoms with Crippen LogP contribution in [0.15, 0.2) is 22.7 Å². The third-order valence-corrected chi connectivity index (χ3v) is 2.33. The molecule has 0 amide bonds. The van der Waals surface area contributed by atoms with E-state index in [1.807, 2.05) is 6.92 Å². The van der Waals surface area contributed by atoms with E-state index in [9.17, 15) is 5.11 Å². The van der Waals surface area contributed by atoms with Gasteiger partial charge in [-0.25, -0.2) is 0 Å². The molecule has 1 heterocycles. The van der Waals surface area contributed by atoms with Crippen LogP contribution in [-0.4, -0.2) is 29.0 Å². The number of phenolic OH excluding ortho intramolecular Hbond substituents is 1. The highest BCUT2D eigenvalue weighted by Gasteiger charge is 2.11. The van der Waals surface area contributed by atoms with Crippen molar-refractivity contribution in [3.8, 4) is 23.0 Å². The number of phenols is 1. The first kappa shape index (κ1) is 12.4. The maximum Gasteiger partial charge on any atom is 0.258 e. The van der Waals surface area contributed by atoms with Crippen LogP contribution in [0.25, 0.3) is 11.5 Å². The van der Waals surface area contributed by atoms with Gasteiger partial charge in [-0.15, -0.1) is 0 Å². The first-order chi connectivity index (χ1) is 8.74. The summed E-state index contributed by atoms with van der Waals surface area (Å²) in [5, 5.41) is 13.4. The molecule has 96 valence electrons. The summed E-state index contributed by atoms with van der Waals surface area (Å²) >= 11 is 0. The molecule has 2 rings (SSSR count). The lowest BCUT2D eigenvalue weighted by Gasteiger charge is -2.03. The number of rotatable bonds is 5. The van der Waals surface area contributed by atoms with Crippen LogP contribution in [0.1, 0.15) is 12.7 Å². The van der Waals surface area contributed by atoms with Crippen LogP contribution in [0.4, 0.5) is 0 Å². The number of aromatic hydroxyl groups is 1. The molecule has 0 aliphatic carbocycles. The summed E-state index contributed by atoms with van der Waals surface area (Å²) in [5.74, 6) is 1.23. The Morgan fingerprint density at radius 3 is 2.89 bits per heavy atom. The van der Waals surface area contributed by atoms with Gasteiger partial charge in [-0.3, -0.25) is 0 Å². The first-order valence-corrected chi connectivity index (χ1v) is 5.52. The summed E-state index contributed by atoms with van der Waals surface area (Å²) in [5.41, 5.74) is 0.628. The van der Waals surface area contributed by atoms with Crippen molar-refractivity contribution in [1.29, 1.82) is 0 Å². The van der Waals surface area contributed by atoms with Gasteiger partial charge in [0, 0.05) is 12.2 Å². The highest BCUT2D eigenvalue weighted by atomic mass is 16.5. The van der Waals surface area contributed by atoms with Crippen molar-refractivity contribution >= 4 is 0 Å². The smallest absolute Gasteiger partial charge is 0.258 e. The van der Waals surface area contributed by atoms with Crippen molar-refractivity contribution in [2.75, 3.05) is 13.7 Å². The summed E-state index contributed by atoms with van der Waals surface area (Å²) < 4.78 is 15.2. The molecule has 2 aromatic rings. The lowest BCUT2D eigenvalue weighted by molar-refractivity contribution is 0.126. The van der Waals surface area contributed by atoms with E-state index in [1.54, 1.807) is 12.1 Å². The van der Waals surface area contributed by atoms with E-state index in [4.69, 9.17) is 14.0 Å². The number of hydrogen-bond acceptors (Lipinski definition) is 6. The van der Waals surface area contributed by atoms with Gasteiger partial charge in [0.15, 0.2) is 17.3 Å². The predicted molar refractivity (Wildman–Crippen MR) is 63.3 cm³/mol. The topological polar surface area (TPSA) is 77.6 Å². The predicted octanol–water partition coefficient (Wildman–Crippen LogP) is 1.99. The fourth-order valence-corrected chi connectivity index (χ4v) is 1.45. The number of methoxy groups -OCH3 is 1. The minimum Gasteiger partial charge on any atom is -0.504 e. The second kappa shape index (κ2) is 5.50. The quantitative estimate of drug-likeness (QED) is 0.874. The van der Waals surface area contributed by atoms with Crippen LogP contribution in [0, 0.1) is 0 Å². The van der Waals surface area contributed by atoms with Crippen molar-refractivity contribution in [1.82, 2.24) is 10.1 Å². The van der Waals surface area contributed by atoms with E-state index in [0.29, 0.717) is 36.2 Å². The summed E-state index contributed by atoms with van der Waals surface area (Å²) in [6.45, 7) is 2.79. The Kier molecular flexibility index (Phi) is 3.78. The summed E-state index contributed by atoms with van der Waals surface area (Å²) in [6.07, 6.45) is 0. The summed E-state index contributed by atoms with van der Waals surface area (Å²) in [7, 11) is 1.49. The Morgan fingerprint density at radius 1 is 1.39 bits per heavy atom. The lowest BCUT2D eigenvalue weighted by Crippen LogP contribution is -1.93. The van der Waals surface area contributed by atoms with E-state index in [-0.39, 0.29) is 5.75 Å². The number of nitrogens with zero attached hydrogens (tertiary/aromatic N) is 2. The Hall–Kier alpha value is -2.08. The zero-order valence-electron chi connectivity index (χ0n) is 10.2. The normalized spacial score (nSPS) is 10.6. The molecule has 0 fully saturated rings. The van der Waals surface area contributed by atoms with Gasteiger partial charge in [0.1, 0.15) is 6.61 Å². The van der Waals surface area contributed by atoms with Gasteiger partial charge in [0.25, 0.3) is 5.89 Å². The largest absolute Gasteiger partial charge is 0.504 e. The van der Waals surface area contributed by atoms with E-state index in [1.165, 1.54) is 13.2 Å². The van der Waals surface area contributed by atoms with Crippen molar-refractivity contribution < 1.29 is 19.1 Å². The van der Waals surface area contributed by atoms with E-state index in [0.717, 1.165) is 0 Å². The van der Waals surface area contributed by atoms with Crippen LogP contribution in [0.5, 0.6) is 11.5 Å². The van der Waals surface area contributed by atoms with Crippen LogP contribution >= 0.6 is 0 Å². The molecule has 18 heavy (non-hydrogen) atoms. The highest BCUT2D eigenvalue weighted by molar-refractivity contribution is 5.59. The molecular weight excluding hydrogens is 236 g/mol. The fraction of sp³-hybridized carbons (Fsp3) is 0.333. The van der Waals surface area contributed by atoms with Crippen molar-refractivity contribution in [3.05, 3.63) is 24.0 Å². The van der Waals surface area contributed by atoms with Gasteiger partial charge >= 0.3 is 0 Å². The molecule has 0 spiro atoms. The van der Waals surface area contributed by atoms with Crippen LogP contribution in [0.3, 0.4) is 0 Å². The molecular formula is C12H14N2O4. The van der Waals surface area contributed by atoms with Gasteiger partial charge in [0.2, 0.25) is 0 Å². The van der Waals surface area contributed by atoms with Gasteiger partial charge in [0.05, 0.1) is 7.11 Å². The molecule has 0 radical (unpaired) electrons. The van der Waals surface area contributed by atoms with Crippen molar-refractivity contribution in [2.45, 2.75) is 13.5 Å². The van der Waals surface area contributed by atoms with Crippen LogP contribution in [0.2, 0.25) is 0 Å². The molecule has 0 saturated carbocycles. The molecule has 0 aliphatic heterocycles. The summed E-state index contributed by atoms with van der Waals surface area (Å²) in [6, 6.07) is 4.88. The molecule has 1 aromatic heterocycles. The molecule has 6 heteroatoms. The lowest BCUT2D eigenvalue weighted by atomic mass is 10.2. The number of benzene rings is 1. The number of ether oxygens (including phenoxy) is 2. The average molecular weight is 250 g/mol. The third-order valence-electron chi connectivity index (χ3n) is 2.33. The number of hydrogen-bond donors (Lipinski definition) is 1. The zero-order valence-corrected chi connectivity index (χ0v) is 10.2. The first-order valence-electron chi connectivity index (χ1n) is 5.52. The molecule has 0 unspecified atom stereocenters. The fourth-order valence-electron chi connectivity index (χ4n) is 1.45. The maximum absolute atomic E-state index is 9.66. The molecule has 0 atom stereocenters. The van der Waals surface area contributed by atoms with Gasteiger partial charge in [-0.2, -0.15) is 4.98 Å². The maximum atomic E-state index is 9.66. The van der Waals surface area contributed by atoms with Crippen LogP contribution in [-0.2, 0) is 11.3 Å². The van der Waals surface area contributed by atoms with Gasteiger partial charge in [-0.1, -0.05) is 5.16 Å². The Morgan fingerprint density at radius 2 is 2.22 bits per heavy atom. The molecule has 6 nitrogen and oxygen atoms in total. The minimum absolute atomic E-state index is 0.0274. The Balaban J connectivity index is 2.20. The minimum atomic E-state index is 0.0274. The Bertz CT molecular complexity index is 525. The second-order valence-corrected chi connectivity index (χ2v) is 3.54. The second-order valence-electron chi connectivity index (χ2n) is 3.54. The monoisotopic (exact) mass is 250 g/mol. The zero-order chi connectivity index (χ0) is 13.0. The average Bonchev–Trinajstić information content (AvgIpc) is 2.85. The molecule has 0 saturated heterocycles. The summed E-state index contributed by atoms with van der Waals surface area (Å²) in [4.78, 5) is 4.16. The van der Waals surface area contributed by atoms with Gasteiger partial charge in [-0.05, 0) is 25.1 Å². The SMILES string of the molecule is CCOCc1noc(-c2ccc(OC)c(O)c2)n1. The molecule has 1 aromatic carbocycles. The van der Waals surface area contributed by atoms with E-state index < -0.39 is 0 Å². The molecule has 0 bridgehead atoms. The standard InChI is InChI=1S/C12H14N2O4/c1-3-17-7-11-13-12(18-14-11)8-4-5-10(16-2)9(15)6-8/h4-6,15H,3,7H2,1-2H3.